The zero-order valence-corrected chi connectivity index (χ0v) is 14.0. The van der Waals surface area contributed by atoms with Gasteiger partial charge in [-0.1, -0.05) is 77.7 Å². The number of carbonyl (C=O) groups is 1. The first-order valence-electron chi connectivity index (χ1n) is 7.40. The first kappa shape index (κ1) is 44.8. The van der Waals surface area contributed by atoms with E-state index in [0.29, 0.717) is 32.2 Å². The second kappa shape index (κ2) is 26.9. The van der Waals surface area contributed by atoms with Gasteiger partial charge in [-0.05, 0) is 19.3 Å². The quantitative estimate of drug-likeness (QED) is 0.195. The average molecular weight is 405 g/mol. The number of ether oxygens (including phenoxy) is 3. The van der Waals surface area contributed by atoms with Crippen molar-refractivity contribution in [2.45, 2.75) is 95.9 Å². The standard InChI is InChI=1S/C15H29ClO4.6CH4/c1-5-7-13(6-2)12-15(3,16)14(17)20-11-10-19-9-8-18-4;;;;;;/h13H,5-12H2,1-4H3;6*1H4. The number of rotatable bonds is 12. The second-order valence-corrected chi connectivity index (χ2v) is 6.04. The summed E-state index contributed by atoms with van der Waals surface area (Å²) in [6.07, 6.45) is 3.88. The summed E-state index contributed by atoms with van der Waals surface area (Å²) in [5.41, 5.74) is 0. The molecule has 0 aromatic heterocycles. The first-order chi connectivity index (χ1) is 9.47. The number of hydrogen-bond donors (Lipinski definition) is 0. The lowest BCUT2D eigenvalue weighted by atomic mass is 9.89. The molecule has 0 aliphatic carbocycles. The molecule has 0 radical (unpaired) electrons. The lowest BCUT2D eigenvalue weighted by Crippen LogP contribution is -2.34. The molecular formula is C21H53ClO4. The molecule has 0 saturated heterocycles. The molecule has 2 atom stereocenters. The SMILES string of the molecule is C.C.C.C.C.C.CCCC(CC)CC(C)(Cl)C(=O)OCCOCCOC. The Morgan fingerprint density at radius 3 is 1.88 bits per heavy atom. The summed E-state index contributed by atoms with van der Waals surface area (Å²) in [6, 6.07) is 0. The fraction of sp³-hybridized carbons (Fsp3) is 0.952. The lowest BCUT2D eigenvalue weighted by molar-refractivity contribution is -0.148. The van der Waals surface area contributed by atoms with Gasteiger partial charge in [0.15, 0.2) is 0 Å². The van der Waals surface area contributed by atoms with E-state index in [9.17, 15) is 4.79 Å². The van der Waals surface area contributed by atoms with Gasteiger partial charge in [0.05, 0.1) is 19.8 Å². The van der Waals surface area contributed by atoms with Gasteiger partial charge >= 0.3 is 5.97 Å². The Kier molecular flexibility index (Phi) is 46.4. The molecule has 0 bridgehead atoms. The van der Waals surface area contributed by atoms with Crippen molar-refractivity contribution in [3.05, 3.63) is 0 Å². The minimum Gasteiger partial charge on any atom is -0.462 e. The summed E-state index contributed by atoms with van der Waals surface area (Å²) >= 11 is 6.32. The predicted octanol–water partition coefficient (Wildman–Crippen LogP) is 7.22. The molecule has 26 heavy (non-hydrogen) atoms. The van der Waals surface area contributed by atoms with Gasteiger partial charge in [0, 0.05) is 7.11 Å². The van der Waals surface area contributed by atoms with E-state index in [1.165, 1.54) is 0 Å². The van der Waals surface area contributed by atoms with Gasteiger partial charge in [0.25, 0.3) is 0 Å². The van der Waals surface area contributed by atoms with Gasteiger partial charge < -0.3 is 14.2 Å². The summed E-state index contributed by atoms with van der Waals surface area (Å²) in [7, 11) is 1.61. The van der Waals surface area contributed by atoms with Crippen molar-refractivity contribution in [3.63, 3.8) is 0 Å². The molecule has 4 nitrogen and oxygen atoms in total. The van der Waals surface area contributed by atoms with Crippen LogP contribution in [0.5, 0.6) is 0 Å². The Morgan fingerprint density at radius 1 is 0.962 bits per heavy atom. The molecule has 2 unspecified atom stereocenters. The van der Waals surface area contributed by atoms with Gasteiger partial charge in [-0.25, -0.2) is 0 Å². The van der Waals surface area contributed by atoms with E-state index >= 15 is 0 Å². The molecule has 5 heteroatoms. The van der Waals surface area contributed by atoms with Crippen LogP contribution in [-0.2, 0) is 19.0 Å². The number of alkyl halides is 1. The molecule has 0 N–H and O–H groups in total. The molecule has 0 rings (SSSR count). The average Bonchev–Trinajstić information content (AvgIpc) is 2.41. The number of halogens is 1. The minimum absolute atomic E-state index is 0. The van der Waals surface area contributed by atoms with Crippen LogP contribution in [0.15, 0.2) is 0 Å². The Morgan fingerprint density at radius 2 is 1.46 bits per heavy atom. The maximum absolute atomic E-state index is 12.0. The van der Waals surface area contributed by atoms with Crippen LogP contribution >= 0.6 is 11.6 Å². The number of methoxy groups -OCH3 is 1. The van der Waals surface area contributed by atoms with Crippen LogP contribution in [0, 0.1) is 5.92 Å². The van der Waals surface area contributed by atoms with E-state index in [-0.39, 0.29) is 57.1 Å². The smallest absolute Gasteiger partial charge is 0.326 e. The molecule has 0 amide bonds. The van der Waals surface area contributed by atoms with Crippen molar-refractivity contribution >= 4 is 17.6 Å². The van der Waals surface area contributed by atoms with E-state index in [4.69, 9.17) is 25.8 Å². The third-order valence-electron chi connectivity index (χ3n) is 3.26. The highest BCUT2D eigenvalue weighted by Crippen LogP contribution is 2.29. The molecular weight excluding hydrogens is 352 g/mol. The largest absolute Gasteiger partial charge is 0.462 e. The molecule has 0 saturated carbocycles. The highest BCUT2D eigenvalue weighted by molar-refractivity contribution is 6.33. The Bertz CT molecular complexity index is 258. The van der Waals surface area contributed by atoms with Crippen molar-refractivity contribution < 1.29 is 19.0 Å². The fourth-order valence-electron chi connectivity index (χ4n) is 2.07. The van der Waals surface area contributed by atoms with Crippen LogP contribution < -0.4 is 0 Å². The summed E-state index contributed by atoms with van der Waals surface area (Å²) in [6.45, 7) is 7.65. The molecule has 0 spiro atoms. The molecule has 0 heterocycles. The highest BCUT2D eigenvalue weighted by Gasteiger charge is 2.34. The van der Waals surface area contributed by atoms with E-state index in [0.717, 1.165) is 19.3 Å². The summed E-state index contributed by atoms with van der Waals surface area (Å²) < 4.78 is 15.3. The molecule has 0 aliphatic heterocycles. The van der Waals surface area contributed by atoms with Crippen LogP contribution in [0.2, 0.25) is 0 Å². The van der Waals surface area contributed by atoms with Gasteiger partial charge in [-0.15, -0.1) is 11.6 Å². The van der Waals surface area contributed by atoms with Crippen molar-refractivity contribution in [2.24, 2.45) is 5.92 Å². The maximum Gasteiger partial charge on any atom is 0.326 e. The second-order valence-electron chi connectivity index (χ2n) is 5.21. The first-order valence-corrected chi connectivity index (χ1v) is 7.78. The maximum atomic E-state index is 12.0. The zero-order chi connectivity index (χ0) is 15.4. The van der Waals surface area contributed by atoms with E-state index in [2.05, 4.69) is 13.8 Å². The summed E-state index contributed by atoms with van der Waals surface area (Å²) in [4.78, 5) is 11.0. The van der Waals surface area contributed by atoms with Crippen LogP contribution in [0.25, 0.3) is 0 Å². The van der Waals surface area contributed by atoms with Crippen molar-refractivity contribution in [1.29, 1.82) is 0 Å². The fourth-order valence-corrected chi connectivity index (χ4v) is 2.35. The number of hydrogen-bond acceptors (Lipinski definition) is 4. The van der Waals surface area contributed by atoms with Crippen LogP contribution in [0.3, 0.4) is 0 Å². The topological polar surface area (TPSA) is 44.8 Å². The predicted molar refractivity (Wildman–Crippen MR) is 122 cm³/mol. The highest BCUT2D eigenvalue weighted by atomic mass is 35.5. The molecule has 0 fully saturated rings. The van der Waals surface area contributed by atoms with Crippen molar-refractivity contribution in [3.8, 4) is 0 Å². The monoisotopic (exact) mass is 404 g/mol. The summed E-state index contributed by atoms with van der Waals surface area (Å²) in [5.74, 6) is 0.108. The van der Waals surface area contributed by atoms with Crippen molar-refractivity contribution in [1.82, 2.24) is 0 Å². The van der Waals surface area contributed by atoms with E-state index < -0.39 is 4.87 Å². The summed E-state index contributed by atoms with van der Waals surface area (Å²) in [5, 5.41) is 0. The van der Waals surface area contributed by atoms with Crippen molar-refractivity contribution in [2.75, 3.05) is 33.5 Å². The molecule has 168 valence electrons. The third kappa shape index (κ3) is 21.7. The van der Waals surface area contributed by atoms with Gasteiger partial charge in [-0.2, -0.15) is 0 Å². The van der Waals surface area contributed by atoms with Crippen LogP contribution in [0.4, 0.5) is 0 Å². The normalized spacial score (nSPS) is 12.0. The number of esters is 1. The Hall–Kier alpha value is -0.320. The molecule has 0 aliphatic rings. The lowest BCUT2D eigenvalue weighted by Gasteiger charge is -2.25. The van der Waals surface area contributed by atoms with Gasteiger partial charge in [-0.3, -0.25) is 4.79 Å². The van der Waals surface area contributed by atoms with Gasteiger partial charge in [0.2, 0.25) is 0 Å². The Balaban J connectivity index is -0.000000120. The molecule has 0 aromatic rings. The minimum atomic E-state index is -0.942. The van der Waals surface area contributed by atoms with Crippen LogP contribution in [0.1, 0.15) is 91.0 Å². The Labute approximate surface area is 172 Å². The zero-order valence-electron chi connectivity index (χ0n) is 13.2. The third-order valence-corrected chi connectivity index (χ3v) is 3.57. The number of carbonyl (C=O) groups excluding carboxylic acids is 1. The van der Waals surface area contributed by atoms with E-state index in [1.54, 1.807) is 14.0 Å². The molecule has 0 aromatic carbocycles. The van der Waals surface area contributed by atoms with E-state index in [1.807, 2.05) is 0 Å². The van der Waals surface area contributed by atoms with Crippen LogP contribution in [-0.4, -0.2) is 44.4 Å². The van der Waals surface area contributed by atoms with Gasteiger partial charge in [0.1, 0.15) is 11.5 Å².